The minimum absolute atomic E-state index is 0.0793. The van der Waals surface area contributed by atoms with E-state index in [4.69, 9.17) is 9.47 Å². The van der Waals surface area contributed by atoms with Crippen molar-refractivity contribution in [2.24, 2.45) is 7.05 Å². The third-order valence-corrected chi connectivity index (χ3v) is 38.6. The summed E-state index contributed by atoms with van der Waals surface area (Å²) in [4.78, 5) is 33.0. The van der Waals surface area contributed by atoms with E-state index in [-0.39, 0.29) is 32.0 Å². The number of hydrogen-bond donors (Lipinski definition) is 0. The van der Waals surface area contributed by atoms with Gasteiger partial charge in [-0.2, -0.15) is 0 Å². The van der Waals surface area contributed by atoms with E-state index in [0.29, 0.717) is 38.5 Å². The number of aromatic nitrogens is 1. The number of para-hydroxylation sites is 1. The van der Waals surface area contributed by atoms with Gasteiger partial charge in [-0.05, 0) is 365 Å². The first kappa shape index (κ1) is 101. The topological polar surface area (TPSA) is 63.1 Å². The summed E-state index contributed by atoms with van der Waals surface area (Å²) in [7, 11) is 12.0. The summed E-state index contributed by atoms with van der Waals surface area (Å²) in [5.74, 6) is 11.2. The van der Waals surface area contributed by atoms with Crippen molar-refractivity contribution in [2.75, 3.05) is 172 Å². The number of carbonyl (C=O) groups excluding carboxylic acids is 1. The van der Waals surface area contributed by atoms with Crippen LogP contribution in [0.25, 0.3) is 21.7 Å². The Bertz CT molecular complexity index is 4120. The molecule has 0 radical (unpaired) electrons. The fraction of sp³-hybridized carbons (Fsp3) is 0.609. The fourth-order valence-electron chi connectivity index (χ4n) is 19.3. The molecule has 10 saturated heterocycles. The molecule has 11 heterocycles. The zero-order chi connectivity index (χ0) is 88.0. The molecule has 0 N–H and O–H groups in total. The summed E-state index contributed by atoms with van der Waals surface area (Å²) >= 11 is -0.0793. The van der Waals surface area contributed by atoms with Crippen molar-refractivity contribution in [3.63, 3.8) is 0 Å². The number of ketones is 1. The monoisotopic (exact) mass is 1870 g/mol. The van der Waals surface area contributed by atoms with E-state index in [1.165, 1.54) is 345 Å². The Labute approximate surface area is 780 Å². The molecule has 0 atom stereocenters. The number of unbranched alkanes of at least 4 members (excludes halogenated alkanes) is 1. The van der Waals surface area contributed by atoms with E-state index in [0.717, 1.165) is 54.0 Å². The van der Waals surface area contributed by atoms with Crippen LogP contribution >= 0.6 is 0 Å². The molecule has 15 heteroatoms. The van der Waals surface area contributed by atoms with Gasteiger partial charge in [0.05, 0.1) is 30.8 Å². The molecule has 0 spiro atoms. The summed E-state index contributed by atoms with van der Waals surface area (Å²) < 4.78 is 16.4. The highest BCUT2D eigenvalue weighted by Crippen LogP contribution is 2.37. The van der Waals surface area contributed by atoms with Gasteiger partial charge in [0, 0.05) is 82.1 Å². The molecule has 125 heavy (non-hydrogen) atoms. The van der Waals surface area contributed by atoms with Crippen LogP contribution in [-0.4, -0.2) is 225 Å². The second kappa shape index (κ2) is 54.1. The van der Waals surface area contributed by atoms with Crippen LogP contribution in [0.2, 0.25) is 0 Å². The molecular formula is C110H167IN8O3S3+4. The number of methoxy groups -OCH3 is 1. The third-order valence-electron chi connectivity index (χ3n) is 28.5. The average molecular weight is 1870 g/mol. The van der Waals surface area contributed by atoms with E-state index in [9.17, 15) is 4.79 Å². The molecule has 11 nitrogen and oxygen atoms in total. The zero-order valence-electron chi connectivity index (χ0n) is 80.2. The van der Waals surface area contributed by atoms with Crippen LogP contribution in [0.1, 0.15) is 250 Å². The Balaban J connectivity index is 0.000000140. The average Bonchev–Trinajstić information content (AvgIpc) is 1.35. The molecule has 0 bridgehead atoms. The fourth-order valence-corrected chi connectivity index (χ4v) is 28.8. The molecule has 0 unspecified atom stereocenters. The lowest BCUT2D eigenvalue weighted by Gasteiger charge is -2.39. The lowest BCUT2D eigenvalue weighted by Crippen LogP contribution is -3.61. The first-order chi connectivity index (χ1) is 60.9. The van der Waals surface area contributed by atoms with E-state index in [1.54, 1.807) is 16.9 Å². The molecule has 686 valence electrons. The van der Waals surface area contributed by atoms with Gasteiger partial charge >= 0.3 is 21.2 Å². The summed E-state index contributed by atoms with van der Waals surface area (Å²) in [6, 6.07) is 61.4. The van der Waals surface area contributed by atoms with Crippen LogP contribution in [-0.2, 0) is 50.6 Å². The number of nitrogens with zero attached hydrogens (tertiary/aromatic N) is 8. The minimum atomic E-state index is -0.0793. The number of Topliss-reactive ketones (excluding diaryl/α,β-unsaturated/α-hetero) is 1. The maximum atomic E-state index is 11.8. The number of carbonyl (C=O) groups is 1. The Morgan fingerprint density at radius 3 is 1.24 bits per heavy atom. The molecule has 10 fully saturated rings. The van der Waals surface area contributed by atoms with E-state index < -0.39 is 0 Å². The predicted octanol–water partition coefficient (Wildman–Crippen LogP) is 20.6. The quantitative estimate of drug-likeness (QED) is 0.0319. The Kier molecular flexibility index (Phi) is 43.5. The molecule has 7 aromatic carbocycles. The van der Waals surface area contributed by atoms with Crippen molar-refractivity contribution in [2.45, 2.75) is 267 Å². The van der Waals surface area contributed by atoms with Gasteiger partial charge in [0.2, 0.25) is 5.78 Å². The largest absolute Gasteiger partial charge is 0.497 e. The van der Waals surface area contributed by atoms with E-state index in [1.807, 2.05) is 42.5 Å². The molecule has 1 aromatic heterocycles. The number of benzene rings is 7. The van der Waals surface area contributed by atoms with Crippen LogP contribution in [0.5, 0.6) is 11.5 Å². The number of rotatable bonds is 20. The van der Waals surface area contributed by atoms with E-state index in [2.05, 4.69) is 243 Å². The van der Waals surface area contributed by atoms with E-state index >= 15 is 0 Å². The van der Waals surface area contributed by atoms with Gasteiger partial charge in [0.1, 0.15) is 46.0 Å². The lowest BCUT2D eigenvalue weighted by molar-refractivity contribution is -0.597. The van der Waals surface area contributed by atoms with Gasteiger partial charge in [-0.25, -0.2) is 0 Å². The first-order valence-electron chi connectivity index (χ1n) is 49.7. The predicted molar refractivity (Wildman–Crippen MR) is 542 cm³/mol. The third kappa shape index (κ3) is 32.4. The number of ether oxygens (including phenoxy) is 2. The van der Waals surface area contributed by atoms with Gasteiger partial charge in [0.25, 0.3) is 0 Å². The van der Waals surface area contributed by atoms with Crippen LogP contribution in [0.3, 0.4) is 0 Å². The Morgan fingerprint density at radius 1 is 0.408 bits per heavy atom. The number of piperidine rings is 7. The number of anilines is 1. The zero-order valence-corrected chi connectivity index (χ0v) is 84.8. The number of likely N-dealkylation sites (tertiary alicyclic amines) is 6. The molecular weight excluding hydrogens is 1700 g/mol. The number of hydrogen-bond acceptors (Lipinski definition) is 10. The van der Waals surface area contributed by atoms with Crippen molar-refractivity contribution in [3.05, 3.63) is 194 Å². The molecule has 18 rings (SSSR count). The Morgan fingerprint density at radius 2 is 0.808 bits per heavy atom. The first-order valence-corrected chi connectivity index (χ1v) is 56.7. The lowest BCUT2D eigenvalue weighted by atomic mass is 9.82. The highest BCUT2D eigenvalue weighted by Gasteiger charge is 2.34. The molecule has 8 aromatic rings. The maximum absolute atomic E-state index is 11.8. The van der Waals surface area contributed by atoms with Crippen LogP contribution < -0.4 is 35.6 Å². The standard InChI is InChI=1S/C22H30I.C18H23OS.C13H16NS.C12H17NO.C12H15OS.3C11H22N2/c1-7-21(3,4)17-9-13-19(14-10-17)23-20-15-11-18(12-16-20)22(5,6)8-2;1-2-3-12-19-17-10-11-18(20-13-6-7-14-20)16-9-5-4-8-15(16)17;1-14-10-13(15-8-4-5-9-15)11-6-2-3-7-12(11)14;1-14-12-7-5-11(6-8-12)13-9-3-2-4-10-13;13-12(10-14-8-4-5-9-14)11-6-2-1-3-7-11;3*1-12-9-5-11(6-10-12)13-7-3-2-4-8-13/h9-16H,7-8H2,1-6H3;4-5,8-11H,2-3,6-7,12-14H2,1H3;2-3,6-7,10H,4-5,8-9H2,1H3;5-8H,2-4,9-10H2,1H3;1-3,6-7H,4-5,8-10H2;3*11H,2-10H2,1H3/q3*+1;;+1;;;. The molecule has 10 aliphatic heterocycles. The second-order valence-corrected chi connectivity index (χ2v) is 48.4. The van der Waals surface area contributed by atoms with Crippen LogP contribution in [0.4, 0.5) is 5.69 Å². The molecule has 10 aliphatic rings. The normalized spacial score (nSPS) is 19.9. The van der Waals surface area contributed by atoms with Crippen LogP contribution in [0.15, 0.2) is 180 Å². The van der Waals surface area contributed by atoms with Crippen molar-refractivity contribution in [1.29, 1.82) is 0 Å². The van der Waals surface area contributed by atoms with Crippen molar-refractivity contribution >= 4 is 65.8 Å². The van der Waals surface area contributed by atoms with Gasteiger partial charge in [-0.3, -0.25) is 4.79 Å². The number of aryl methyl sites for hydroxylation is 1. The highest BCUT2D eigenvalue weighted by molar-refractivity contribution is 7.98. The smallest absolute Gasteiger partial charge is 0.357 e. The van der Waals surface area contributed by atoms with Gasteiger partial charge < -0.3 is 48.3 Å². The van der Waals surface area contributed by atoms with Gasteiger partial charge in [-0.15, -0.1) is 0 Å². The van der Waals surface area contributed by atoms with Gasteiger partial charge in [-0.1, -0.05) is 159 Å². The molecule has 0 saturated carbocycles. The van der Waals surface area contributed by atoms with Gasteiger partial charge in [0.15, 0.2) is 22.7 Å². The summed E-state index contributed by atoms with van der Waals surface area (Å²) in [6.45, 7) is 35.3. The second-order valence-electron chi connectivity index (χ2n) is 38.5. The van der Waals surface area contributed by atoms with Crippen molar-refractivity contribution in [1.82, 2.24) is 34.0 Å². The number of fused-ring (bicyclic) bond motifs is 2. The van der Waals surface area contributed by atoms with Crippen molar-refractivity contribution in [3.8, 4) is 11.5 Å². The summed E-state index contributed by atoms with van der Waals surface area (Å²) in [6.07, 6.45) is 40.7. The molecule has 0 amide bonds. The Hall–Kier alpha value is -5.05. The maximum Gasteiger partial charge on any atom is 0.357 e. The van der Waals surface area contributed by atoms with Crippen LogP contribution in [0, 0.1) is 7.14 Å². The number of halogens is 1. The SMILES string of the molecule is CCC(C)(C)c1ccc([I+]c2ccc(C(C)(C)CC)cc2)cc1.CCCCOc1ccc([S+]2CCCC2)c2ccccc12.CN1CCC(N2CCCCC2)CC1.CN1CCC(N2CCCCC2)CC1.CN1CCC(N2CCCCC2)CC1.COc1ccc(N2CCCCC2)cc1.Cn1cc([S+]2CCCC2)c2ccccc21.O=C(C[S+]1CCCC1)c1ccccc1. The van der Waals surface area contributed by atoms with Crippen molar-refractivity contribution < 1.29 is 35.5 Å². The minimum Gasteiger partial charge on any atom is -0.497 e. The summed E-state index contributed by atoms with van der Waals surface area (Å²) in [5, 5.41) is 4.18. The highest BCUT2D eigenvalue weighted by atomic mass is 127. The summed E-state index contributed by atoms with van der Waals surface area (Å²) in [5.41, 5.74) is 7.05. The molecule has 0 aliphatic carbocycles.